The number of anilines is 1. The number of imidazole rings is 1. The van der Waals surface area contributed by atoms with E-state index >= 15 is 0 Å². The van der Waals surface area contributed by atoms with Gasteiger partial charge < -0.3 is 9.47 Å². The Kier molecular flexibility index (Phi) is 4.29. The molecule has 26 heavy (non-hydrogen) atoms. The molecule has 1 aliphatic rings. The van der Waals surface area contributed by atoms with Gasteiger partial charge in [0.25, 0.3) is 0 Å². The Morgan fingerprint density at radius 3 is 2.88 bits per heavy atom. The minimum absolute atomic E-state index is 0.0493. The van der Waals surface area contributed by atoms with Gasteiger partial charge >= 0.3 is 0 Å². The Hall–Kier alpha value is -2.59. The summed E-state index contributed by atoms with van der Waals surface area (Å²) in [6, 6.07) is 13.8. The number of carbonyl (C=O) groups excluding carboxylic acids is 1. The lowest BCUT2D eigenvalue weighted by Gasteiger charge is -2.20. The predicted octanol–water partition coefficient (Wildman–Crippen LogP) is 4.70. The zero-order chi connectivity index (χ0) is 18.3. The average Bonchev–Trinajstić information content (AvgIpc) is 3.19. The van der Waals surface area contributed by atoms with Crippen LogP contribution < -0.4 is 4.90 Å². The Bertz CT molecular complexity index is 1010. The lowest BCUT2D eigenvalue weighted by Crippen LogP contribution is -2.25. The van der Waals surface area contributed by atoms with Crippen LogP contribution in [0.2, 0.25) is 5.02 Å². The van der Waals surface area contributed by atoms with E-state index in [1.54, 1.807) is 0 Å². The Morgan fingerprint density at radius 2 is 2.08 bits per heavy atom. The summed E-state index contributed by atoms with van der Waals surface area (Å²) in [5, 5.41) is 0.678. The molecule has 4 rings (SSSR count). The fourth-order valence-electron chi connectivity index (χ4n) is 3.73. The molecule has 3 aromatic rings. The van der Waals surface area contributed by atoms with Crippen LogP contribution in [0, 0.1) is 6.92 Å². The van der Waals surface area contributed by atoms with Crippen molar-refractivity contribution in [2.75, 3.05) is 11.4 Å². The number of rotatable bonds is 4. The van der Waals surface area contributed by atoms with E-state index in [0.717, 1.165) is 28.1 Å². The molecule has 2 aromatic carbocycles. The van der Waals surface area contributed by atoms with Crippen molar-refractivity contribution >= 4 is 34.2 Å². The molecular weight excluding hydrogens is 346 g/mol. The van der Waals surface area contributed by atoms with Crippen LogP contribution in [0.25, 0.3) is 11.0 Å². The average molecular weight is 366 g/mol. The van der Waals surface area contributed by atoms with Crippen molar-refractivity contribution in [3.8, 4) is 0 Å². The normalized spacial score (nSPS) is 17.2. The molecule has 1 fully saturated rings. The lowest BCUT2D eigenvalue weighted by atomic mass is 10.1. The highest BCUT2D eigenvalue weighted by molar-refractivity contribution is 6.31. The van der Waals surface area contributed by atoms with Gasteiger partial charge in [0.1, 0.15) is 5.82 Å². The van der Waals surface area contributed by atoms with Crippen LogP contribution >= 0.6 is 11.6 Å². The number of amides is 1. The highest BCUT2D eigenvalue weighted by Gasteiger charge is 2.35. The third-order valence-electron chi connectivity index (χ3n) is 5.02. The number of benzene rings is 2. The zero-order valence-electron chi connectivity index (χ0n) is 14.7. The lowest BCUT2D eigenvalue weighted by molar-refractivity contribution is -0.117. The number of aromatic nitrogens is 2. The number of fused-ring (bicyclic) bond motifs is 1. The number of nitrogens with zero attached hydrogens (tertiary/aromatic N) is 3. The third kappa shape index (κ3) is 2.71. The van der Waals surface area contributed by atoms with E-state index in [1.807, 2.05) is 54.3 Å². The molecule has 132 valence electrons. The molecule has 5 heteroatoms. The quantitative estimate of drug-likeness (QED) is 0.628. The maximum Gasteiger partial charge on any atom is 0.227 e. The molecule has 2 heterocycles. The van der Waals surface area contributed by atoms with Crippen LogP contribution in [-0.4, -0.2) is 22.0 Å². The molecule has 1 aliphatic heterocycles. The summed E-state index contributed by atoms with van der Waals surface area (Å²) < 4.78 is 2.16. The van der Waals surface area contributed by atoms with Gasteiger partial charge in [-0.1, -0.05) is 35.9 Å². The Balaban J connectivity index is 1.73. The second-order valence-corrected chi connectivity index (χ2v) is 7.05. The van der Waals surface area contributed by atoms with Gasteiger partial charge in [0.05, 0.1) is 11.0 Å². The molecule has 0 N–H and O–H groups in total. The van der Waals surface area contributed by atoms with Crippen molar-refractivity contribution < 1.29 is 4.79 Å². The van der Waals surface area contributed by atoms with Gasteiger partial charge in [-0.2, -0.15) is 0 Å². The van der Waals surface area contributed by atoms with Gasteiger partial charge in [0.15, 0.2) is 0 Å². The topological polar surface area (TPSA) is 38.1 Å². The molecule has 0 radical (unpaired) electrons. The molecule has 0 spiro atoms. The van der Waals surface area contributed by atoms with Crippen LogP contribution in [0.3, 0.4) is 0 Å². The third-order valence-corrected chi connectivity index (χ3v) is 5.43. The fraction of sp³-hybridized carbons (Fsp3) is 0.238. The van der Waals surface area contributed by atoms with E-state index in [4.69, 9.17) is 16.6 Å². The molecule has 1 atom stereocenters. The second-order valence-electron chi connectivity index (χ2n) is 6.65. The van der Waals surface area contributed by atoms with Crippen molar-refractivity contribution in [3.63, 3.8) is 0 Å². The Morgan fingerprint density at radius 1 is 1.27 bits per heavy atom. The van der Waals surface area contributed by atoms with E-state index in [1.165, 1.54) is 0 Å². The second kappa shape index (κ2) is 6.61. The summed E-state index contributed by atoms with van der Waals surface area (Å²) in [5.74, 6) is 1.10. The standard InChI is InChI=1S/C21H20ClN3O/c1-3-11-24-19-9-5-4-8-17(19)23-21(24)15-12-20(26)25(13-15)18-10-6-7-16(22)14(18)2/h3-10,15H,1,11-13H2,2H3/t15-/m0/s1. The maximum atomic E-state index is 12.7. The Labute approximate surface area is 157 Å². The number of allylic oxidation sites excluding steroid dienone is 1. The van der Waals surface area contributed by atoms with Crippen LogP contribution in [0.4, 0.5) is 5.69 Å². The number of carbonyl (C=O) groups is 1. The zero-order valence-corrected chi connectivity index (χ0v) is 15.4. The van der Waals surface area contributed by atoms with Gasteiger partial charge in [-0.25, -0.2) is 4.98 Å². The molecule has 0 saturated carbocycles. The first kappa shape index (κ1) is 16.9. The SMILES string of the molecule is C=CCn1c([C@H]2CC(=O)N(c3cccc(Cl)c3C)C2)nc2ccccc21. The molecule has 0 aliphatic carbocycles. The minimum atomic E-state index is 0.0493. The maximum absolute atomic E-state index is 12.7. The number of hydrogen-bond donors (Lipinski definition) is 0. The van der Waals surface area contributed by atoms with Crippen molar-refractivity contribution in [1.29, 1.82) is 0 Å². The van der Waals surface area contributed by atoms with E-state index in [-0.39, 0.29) is 11.8 Å². The van der Waals surface area contributed by atoms with E-state index in [2.05, 4.69) is 17.2 Å². The summed E-state index contributed by atoms with van der Waals surface area (Å²) in [7, 11) is 0. The van der Waals surface area contributed by atoms with Crippen LogP contribution in [0.1, 0.15) is 23.7 Å². The van der Waals surface area contributed by atoms with E-state index in [9.17, 15) is 4.79 Å². The highest BCUT2D eigenvalue weighted by atomic mass is 35.5. The van der Waals surface area contributed by atoms with Crippen molar-refractivity contribution in [1.82, 2.24) is 9.55 Å². The summed E-state index contributed by atoms with van der Waals surface area (Å²) in [5.41, 5.74) is 3.85. The summed E-state index contributed by atoms with van der Waals surface area (Å²) in [4.78, 5) is 19.4. The van der Waals surface area contributed by atoms with Gasteiger partial charge in [0.2, 0.25) is 5.91 Å². The van der Waals surface area contributed by atoms with Gasteiger partial charge in [-0.15, -0.1) is 6.58 Å². The van der Waals surface area contributed by atoms with Crippen molar-refractivity contribution in [3.05, 3.63) is 71.5 Å². The van der Waals surface area contributed by atoms with Gasteiger partial charge in [-0.3, -0.25) is 4.79 Å². The van der Waals surface area contributed by atoms with Crippen LogP contribution in [0.15, 0.2) is 55.1 Å². The summed E-state index contributed by atoms with van der Waals surface area (Å²) in [6.07, 6.45) is 2.32. The molecule has 0 bridgehead atoms. The fourth-order valence-corrected chi connectivity index (χ4v) is 3.90. The van der Waals surface area contributed by atoms with E-state index < -0.39 is 0 Å². The van der Waals surface area contributed by atoms with Crippen LogP contribution in [0.5, 0.6) is 0 Å². The van der Waals surface area contributed by atoms with Crippen molar-refractivity contribution in [2.45, 2.75) is 25.8 Å². The minimum Gasteiger partial charge on any atom is -0.324 e. The number of hydrogen-bond acceptors (Lipinski definition) is 2. The van der Waals surface area contributed by atoms with Crippen molar-refractivity contribution in [2.24, 2.45) is 0 Å². The molecule has 1 amide bonds. The highest BCUT2D eigenvalue weighted by Crippen LogP contribution is 2.36. The van der Waals surface area contributed by atoms with Gasteiger partial charge in [-0.05, 0) is 36.8 Å². The first-order valence-electron chi connectivity index (χ1n) is 8.71. The molecule has 0 unspecified atom stereocenters. The monoisotopic (exact) mass is 365 g/mol. The van der Waals surface area contributed by atoms with E-state index in [0.29, 0.717) is 24.5 Å². The number of halogens is 1. The molecule has 1 saturated heterocycles. The summed E-state index contributed by atoms with van der Waals surface area (Å²) >= 11 is 6.25. The molecule has 4 nitrogen and oxygen atoms in total. The molecule has 1 aromatic heterocycles. The summed E-state index contributed by atoms with van der Waals surface area (Å²) in [6.45, 7) is 7.11. The number of para-hydroxylation sites is 2. The van der Waals surface area contributed by atoms with Gasteiger partial charge in [0, 0.05) is 36.1 Å². The smallest absolute Gasteiger partial charge is 0.227 e. The predicted molar refractivity (Wildman–Crippen MR) is 106 cm³/mol. The largest absolute Gasteiger partial charge is 0.324 e. The first-order chi connectivity index (χ1) is 12.6. The van der Waals surface area contributed by atoms with Crippen LogP contribution in [-0.2, 0) is 11.3 Å². The molecular formula is C21H20ClN3O. The first-order valence-corrected chi connectivity index (χ1v) is 9.09.